The number of nitrogens with two attached hydrogens (primary N) is 1. The number of carbonyl (C=O) groups excluding carboxylic acids is 1. The number of pyridine rings is 1. The molecule has 0 atom stereocenters. The van der Waals surface area contributed by atoms with E-state index in [1.165, 1.54) is 86.2 Å². The first-order valence-electron chi connectivity index (χ1n) is 15.4. The number of fused-ring (bicyclic) bond motifs is 2. The number of rotatable bonds is 6. The van der Waals surface area contributed by atoms with Crippen LogP contribution in [0.4, 0.5) is 0 Å². The van der Waals surface area contributed by atoms with Crippen molar-refractivity contribution in [2.45, 2.75) is 92.5 Å². The van der Waals surface area contributed by atoms with Gasteiger partial charge in [0, 0.05) is 35.1 Å². The molecule has 0 saturated heterocycles. The van der Waals surface area contributed by atoms with Crippen molar-refractivity contribution in [3.05, 3.63) is 77.4 Å². The molecule has 6 heteroatoms. The van der Waals surface area contributed by atoms with Gasteiger partial charge in [0.25, 0.3) is 0 Å². The van der Waals surface area contributed by atoms with Gasteiger partial charge in [-0.2, -0.15) is 0 Å². The number of aldehydes is 1. The van der Waals surface area contributed by atoms with Gasteiger partial charge in [-0.1, -0.05) is 91.5 Å². The van der Waals surface area contributed by atoms with Gasteiger partial charge in [0.15, 0.2) is 6.29 Å². The van der Waals surface area contributed by atoms with Crippen LogP contribution in [0.25, 0.3) is 16.5 Å². The summed E-state index contributed by atoms with van der Waals surface area (Å²) in [5, 5.41) is 2.09. The van der Waals surface area contributed by atoms with E-state index < -0.39 is 0 Å². The fourth-order valence-corrected chi connectivity index (χ4v) is 5.92. The van der Waals surface area contributed by atoms with Crippen LogP contribution in [0.1, 0.15) is 106 Å². The minimum absolute atomic E-state index is 0.695. The Labute approximate surface area is 255 Å². The van der Waals surface area contributed by atoms with E-state index >= 15 is 0 Å². The Kier molecular flexibility index (Phi) is 22.4. The molecule has 3 heterocycles. The zero-order valence-corrected chi connectivity index (χ0v) is 27.6. The highest BCUT2D eigenvalue weighted by atomic mass is 32.1. The summed E-state index contributed by atoms with van der Waals surface area (Å²) in [7, 11) is 1.50. The summed E-state index contributed by atoms with van der Waals surface area (Å²) in [5.74, 6) is 0.992. The number of hydrogen-bond acceptors (Lipinski definition) is 6. The third-order valence-corrected chi connectivity index (χ3v) is 8.18. The Balaban J connectivity index is 0.000000680. The number of carbonyl (C=O) groups is 1. The van der Waals surface area contributed by atoms with Crippen molar-refractivity contribution < 1.29 is 4.79 Å². The fraction of sp³-hybridized carbons (Fsp3) is 0.514. The number of allylic oxidation sites excluding steroid dienone is 1. The lowest BCUT2D eigenvalue weighted by Crippen LogP contribution is -2.32. The maximum Gasteiger partial charge on any atom is 0.150 e. The Hall–Kier alpha value is -2.67. The summed E-state index contributed by atoms with van der Waals surface area (Å²) in [4.78, 5) is 23.7. The van der Waals surface area contributed by atoms with Gasteiger partial charge in [0.1, 0.15) is 5.01 Å². The Morgan fingerprint density at radius 1 is 1.07 bits per heavy atom. The molecular weight excluding hydrogens is 524 g/mol. The standard InChI is InChI=1S/C18H28N2S.C10H7NO.2C2H6.C2H4.CH5N/c1-3-14(2)18-19-16-13-20(12-10-17(16)21-18)11-9-15-7-5-4-6-8-15;12-7-8-3-1-5-10-9(8)4-2-6-11-10;4*1-2/h15H,2-13H2,1H3;1-7H;2*1-2H3;1-2H2;2H2,1H3. The van der Waals surface area contributed by atoms with E-state index in [1.54, 1.807) is 12.3 Å². The monoisotopic (exact) mass is 580 g/mol. The molecule has 2 aliphatic rings. The molecule has 1 fully saturated rings. The van der Waals surface area contributed by atoms with E-state index in [2.05, 4.69) is 42.3 Å². The minimum Gasteiger partial charge on any atom is -0.333 e. The number of nitrogens with zero attached hydrogens (tertiary/aromatic N) is 3. The Morgan fingerprint density at radius 2 is 1.76 bits per heavy atom. The molecule has 0 unspecified atom stereocenters. The van der Waals surface area contributed by atoms with Crippen LogP contribution in [0.3, 0.4) is 0 Å². The predicted molar refractivity (Wildman–Crippen MR) is 183 cm³/mol. The molecule has 3 aromatic rings. The maximum absolute atomic E-state index is 10.6. The molecule has 1 aliphatic carbocycles. The normalized spacial score (nSPS) is 13.9. The highest BCUT2D eigenvalue weighted by Crippen LogP contribution is 2.31. The second kappa shape index (κ2) is 24.0. The molecule has 0 radical (unpaired) electrons. The SMILES string of the molecule is C=C.C=C(CC)c1nc2c(s1)CCN(CCC1CCCCC1)C2.CC.CC.CN.O=Cc1cccc2ncccc12. The van der Waals surface area contributed by atoms with Crippen LogP contribution in [0.15, 0.2) is 56.3 Å². The van der Waals surface area contributed by atoms with E-state index in [0.29, 0.717) is 5.56 Å². The number of thiazole rings is 1. The van der Waals surface area contributed by atoms with Crippen LogP contribution < -0.4 is 5.73 Å². The van der Waals surface area contributed by atoms with Crippen molar-refractivity contribution in [2.24, 2.45) is 11.7 Å². The lowest BCUT2D eigenvalue weighted by molar-refractivity contribution is 0.112. The summed E-state index contributed by atoms with van der Waals surface area (Å²) >= 11 is 1.88. The average molecular weight is 581 g/mol. The summed E-state index contributed by atoms with van der Waals surface area (Å²) in [6.07, 6.45) is 13.5. The first kappa shape index (κ1) is 38.3. The fourth-order valence-electron chi connectivity index (χ4n) is 4.82. The topological polar surface area (TPSA) is 72.1 Å². The van der Waals surface area contributed by atoms with Gasteiger partial charge in [0.05, 0.1) is 11.2 Å². The van der Waals surface area contributed by atoms with Crippen LogP contribution in [0.2, 0.25) is 0 Å². The van der Waals surface area contributed by atoms with Crippen molar-refractivity contribution >= 4 is 34.1 Å². The molecule has 0 spiro atoms. The molecule has 1 aliphatic heterocycles. The quantitative estimate of drug-likeness (QED) is 0.232. The molecule has 5 nitrogen and oxygen atoms in total. The van der Waals surface area contributed by atoms with Gasteiger partial charge in [-0.25, -0.2) is 4.98 Å². The average Bonchev–Trinajstić information content (AvgIpc) is 3.51. The summed E-state index contributed by atoms with van der Waals surface area (Å²) < 4.78 is 0. The number of benzene rings is 1. The number of hydrogen-bond donors (Lipinski definition) is 1. The molecule has 1 saturated carbocycles. The molecular formula is C35H56N4OS. The zero-order valence-electron chi connectivity index (χ0n) is 26.8. The third-order valence-electron chi connectivity index (χ3n) is 6.92. The zero-order chi connectivity index (χ0) is 31.0. The van der Waals surface area contributed by atoms with Gasteiger partial charge >= 0.3 is 0 Å². The molecule has 0 amide bonds. The second-order valence-electron chi connectivity index (χ2n) is 9.20. The Morgan fingerprint density at radius 3 is 2.39 bits per heavy atom. The molecule has 228 valence electrons. The van der Waals surface area contributed by atoms with E-state index in [9.17, 15) is 4.79 Å². The van der Waals surface area contributed by atoms with Crippen LogP contribution in [0, 0.1) is 5.92 Å². The summed E-state index contributed by atoms with van der Waals surface area (Å²) in [5.41, 5.74) is 8.59. The Bertz CT molecular complexity index is 1100. The first-order valence-corrected chi connectivity index (χ1v) is 16.2. The van der Waals surface area contributed by atoms with Gasteiger partial charge in [-0.15, -0.1) is 24.5 Å². The van der Waals surface area contributed by atoms with Crippen molar-refractivity contribution in [2.75, 3.05) is 20.1 Å². The highest BCUT2D eigenvalue weighted by Gasteiger charge is 2.22. The van der Waals surface area contributed by atoms with Gasteiger partial charge in [0.2, 0.25) is 0 Å². The van der Waals surface area contributed by atoms with Gasteiger partial charge in [-0.05, 0) is 56.5 Å². The molecule has 1 aromatic carbocycles. The van der Waals surface area contributed by atoms with E-state index in [1.807, 2.05) is 63.3 Å². The highest BCUT2D eigenvalue weighted by molar-refractivity contribution is 7.12. The van der Waals surface area contributed by atoms with Crippen molar-refractivity contribution in [1.82, 2.24) is 14.9 Å². The summed E-state index contributed by atoms with van der Waals surface area (Å²) in [6.45, 7) is 23.9. The molecule has 0 bridgehead atoms. The van der Waals surface area contributed by atoms with Crippen LogP contribution in [-0.2, 0) is 13.0 Å². The van der Waals surface area contributed by atoms with Gasteiger partial charge < -0.3 is 5.73 Å². The third kappa shape index (κ3) is 12.8. The molecule has 2 N–H and O–H groups in total. The van der Waals surface area contributed by atoms with Crippen molar-refractivity contribution in [3.8, 4) is 0 Å². The van der Waals surface area contributed by atoms with E-state index in [-0.39, 0.29) is 0 Å². The van der Waals surface area contributed by atoms with Crippen LogP contribution in [0.5, 0.6) is 0 Å². The first-order chi connectivity index (χ1) is 20.2. The van der Waals surface area contributed by atoms with Crippen molar-refractivity contribution in [1.29, 1.82) is 0 Å². The van der Waals surface area contributed by atoms with Crippen LogP contribution >= 0.6 is 11.3 Å². The smallest absolute Gasteiger partial charge is 0.150 e. The minimum atomic E-state index is 0.695. The van der Waals surface area contributed by atoms with E-state index in [0.717, 1.165) is 36.1 Å². The van der Waals surface area contributed by atoms with Gasteiger partial charge in [-0.3, -0.25) is 14.7 Å². The molecule has 5 rings (SSSR count). The molecule has 2 aromatic heterocycles. The van der Waals surface area contributed by atoms with Crippen molar-refractivity contribution in [3.63, 3.8) is 0 Å². The lowest BCUT2D eigenvalue weighted by atomic mass is 9.87. The van der Waals surface area contributed by atoms with Crippen LogP contribution in [-0.4, -0.2) is 41.3 Å². The molecule has 41 heavy (non-hydrogen) atoms. The maximum atomic E-state index is 10.6. The number of aromatic nitrogens is 2. The summed E-state index contributed by atoms with van der Waals surface area (Å²) in [6, 6.07) is 9.24. The predicted octanol–water partition coefficient (Wildman–Crippen LogP) is 9.37. The second-order valence-corrected chi connectivity index (χ2v) is 10.3. The largest absolute Gasteiger partial charge is 0.333 e. The lowest BCUT2D eigenvalue weighted by Gasteiger charge is -2.29. The van der Waals surface area contributed by atoms with E-state index in [4.69, 9.17) is 4.98 Å².